The Morgan fingerprint density at radius 2 is 1.64 bits per heavy atom. The molecule has 0 aliphatic carbocycles. The first-order valence-corrected chi connectivity index (χ1v) is 9.88. The van der Waals surface area contributed by atoms with Crippen LogP contribution in [-0.2, 0) is 6.42 Å². The molecular weight excluding hydrogens is 350 g/mol. The van der Waals surface area contributed by atoms with Crippen LogP contribution in [0.4, 0.5) is 11.4 Å². The summed E-state index contributed by atoms with van der Waals surface area (Å²) in [7, 11) is 0. The van der Waals surface area contributed by atoms with E-state index in [4.69, 9.17) is 0 Å². The molecule has 1 aliphatic heterocycles. The van der Waals surface area contributed by atoms with Crippen LogP contribution in [0.2, 0.25) is 0 Å². The van der Waals surface area contributed by atoms with E-state index in [1.165, 1.54) is 17.5 Å². The summed E-state index contributed by atoms with van der Waals surface area (Å²) < 4.78 is 0. The smallest absolute Gasteiger partial charge is 0.277 e. The van der Waals surface area contributed by atoms with Crippen LogP contribution in [0.5, 0.6) is 0 Å². The van der Waals surface area contributed by atoms with Gasteiger partial charge in [-0.15, -0.1) is 0 Å². The predicted molar refractivity (Wildman–Crippen MR) is 114 cm³/mol. The molecule has 0 atom stereocenters. The minimum absolute atomic E-state index is 0.169. The van der Waals surface area contributed by atoms with Gasteiger partial charge < -0.3 is 5.01 Å². The van der Waals surface area contributed by atoms with Gasteiger partial charge in [0.15, 0.2) is 0 Å². The zero-order valence-corrected chi connectivity index (χ0v) is 16.2. The van der Waals surface area contributed by atoms with Gasteiger partial charge in [0.2, 0.25) is 0 Å². The van der Waals surface area contributed by atoms with Crippen LogP contribution in [-0.4, -0.2) is 29.6 Å². The standard InChI is InChI=1S/C23H25N3O2/c1-18-8-2-3-9-19(18)14-17-24-15-6-7-16-25(24)22-12-13-23(26(27)28)21-11-5-4-10-20(21)22/h2-5,8-13H,6-7,14-17H2,1H3. The van der Waals surface area contributed by atoms with Gasteiger partial charge in [-0.2, -0.15) is 0 Å². The Bertz CT molecular complexity index is 1000. The van der Waals surface area contributed by atoms with Gasteiger partial charge in [0.1, 0.15) is 0 Å². The molecule has 0 amide bonds. The highest BCUT2D eigenvalue weighted by molar-refractivity contribution is 5.99. The molecule has 5 heteroatoms. The summed E-state index contributed by atoms with van der Waals surface area (Å²) in [6.45, 7) is 5.05. The van der Waals surface area contributed by atoms with Gasteiger partial charge in [-0.3, -0.25) is 10.1 Å². The number of nitrogens with zero attached hydrogens (tertiary/aromatic N) is 3. The molecule has 0 bridgehead atoms. The summed E-state index contributed by atoms with van der Waals surface area (Å²) in [4.78, 5) is 11.1. The molecule has 1 heterocycles. The molecule has 0 aromatic heterocycles. The molecule has 0 N–H and O–H groups in total. The lowest BCUT2D eigenvalue weighted by atomic mass is 10.0. The van der Waals surface area contributed by atoms with E-state index in [2.05, 4.69) is 41.2 Å². The van der Waals surface area contributed by atoms with Crippen LogP contribution in [0.3, 0.4) is 0 Å². The molecule has 4 rings (SSSR count). The highest BCUT2D eigenvalue weighted by Gasteiger charge is 2.24. The van der Waals surface area contributed by atoms with Crippen molar-refractivity contribution < 1.29 is 4.92 Å². The Morgan fingerprint density at radius 1 is 0.929 bits per heavy atom. The van der Waals surface area contributed by atoms with Gasteiger partial charge in [0.05, 0.1) is 16.0 Å². The van der Waals surface area contributed by atoms with Crippen LogP contribution >= 0.6 is 0 Å². The number of fused-ring (bicyclic) bond motifs is 1. The molecule has 28 heavy (non-hydrogen) atoms. The zero-order chi connectivity index (χ0) is 19.5. The van der Waals surface area contributed by atoms with Crippen LogP contribution in [0.15, 0.2) is 60.7 Å². The molecular formula is C23H25N3O2. The number of hydrazine groups is 1. The minimum atomic E-state index is -0.293. The van der Waals surface area contributed by atoms with Crippen molar-refractivity contribution in [3.63, 3.8) is 0 Å². The third-order valence-electron chi connectivity index (χ3n) is 5.63. The van der Waals surface area contributed by atoms with Gasteiger partial charge >= 0.3 is 0 Å². The summed E-state index contributed by atoms with van der Waals surface area (Å²) in [5.74, 6) is 0. The maximum absolute atomic E-state index is 11.4. The molecule has 0 radical (unpaired) electrons. The van der Waals surface area contributed by atoms with Crippen molar-refractivity contribution in [2.45, 2.75) is 26.2 Å². The average molecular weight is 375 g/mol. The summed E-state index contributed by atoms with van der Waals surface area (Å²) in [5.41, 5.74) is 3.93. The lowest BCUT2D eigenvalue weighted by Gasteiger charge is -2.41. The number of benzene rings is 3. The molecule has 144 valence electrons. The molecule has 1 aliphatic rings. The Kier molecular flexibility index (Phi) is 5.26. The summed E-state index contributed by atoms with van der Waals surface area (Å²) in [6, 6.07) is 19.7. The zero-order valence-electron chi connectivity index (χ0n) is 16.2. The number of aryl methyl sites for hydroxylation is 1. The van der Waals surface area contributed by atoms with Gasteiger partial charge in [0.25, 0.3) is 5.69 Å². The number of nitro groups is 1. The fraction of sp³-hybridized carbons (Fsp3) is 0.304. The van der Waals surface area contributed by atoms with Gasteiger partial charge in [-0.05, 0) is 49.4 Å². The summed E-state index contributed by atoms with van der Waals surface area (Å²) in [6.07, 6.45) is 3.30. The number of non-ortho nitro benzene ring substituents is 1. The fourth-order valence-electron chi connectivity index (χ4n) is 4.11. The summed E-state index contributed by atoms with van der Waals surface area (Å²) in [5, 5.41) is 17.8. The quantitative estimate of drug-likeness (QED) is 0.459. The molecule has 0 saturated carbocycles. The van der Waals surface area contributed by atoms with Crippen LogP contribution < -0.4 is 5.01 Å². The fourth-order valence-corrected chi connectivity index (χ4v) is 4.11. The normalized spacial score (nSPS) is 15.1. The molecule has 3 aromatic carbocycles. The lowest BCUT2D eigenvalue weighted by molar-refractivity contribution is -0.383. The maximum Gasteiger partial charge on any atom is 0.277 e. The van der Waals surface area contributed by atoms with Gasteiger partial charge in [0, 0.05) is 31.1 Å². The molecule has 0 unspecified atom stereocenters. The van der Waals surface area contributed by atoms with Gasteiger partial charge in [-0.25, -0.2) is 5.01 Å². The number of anilines is 1. The molecule has 5 nitrogen and oxygen atoms in total. The van der Waals surface area contributed by atoms with Crippen molar-refractivity contribution in [3.8, 4) is 0 Å². The van der Waals surface area contributed by atoms with Crippen molar-refractivity contribution in [2.24, 2.45) is 0 Å². The third-order valence-corrected chi connectivity index (χ3v) is 5.63. The number of nitro benzene ring substituents is 1. The van der Waals surface area contributed by atoms with Crippen LogP contribution in [0.25, 0.3) is 10.8 Å². The Balaban J connectivity index is 1.66. The predicted octanol–water partition coefficient (Wildman–Crippen LogP) is 5.12. The average Bonchev–Trinajstić information content (AvgIpc) is 2.72. The first-order valence-electron chi connectivity index (χ1n) is 9.88. The van der Waals surface area contributed by atoms with E-state index < -0.39 is 0 Å². The largest absolute Gasteiger partial charge is 0.305 e. The minimum Gasteiger partial charge on any atom is -0.305 e. The van der Waals surface area contributed by atoms with Crippen molar-refractivity contribution >= 4 is 22.1 Å². The second kappa shape index (κ2) is 7.98. The molecule has 0 spiro atoms. The molecule has 1 saturated heterocycles. The monoisotopic (exact) mass is 375 g/mol. The second-order valence-corrected chi connectivity index (χ2v) is 7.37. The Labute approximate surface area is 165 Å². The van der Waals surface area contributed by atoms with Crippen molar-refractivity contribution in [3.05, 3.63) is 81.9 Å². The van der Waals surface area contributed by atoms with E-state index in [0.717, 1.165) is 43.5 Å². The van der Waals surface area contributed by atoms with E-state index in [1.807, 2.05) is 30.3 Å². The van der Waals surface area contributed by atoms with E-state index in [9.17, 15) is 10.1 Å². The SMILES string of the molecule is Cc1ccccc1CCN1CCCCN1c1ccc([N+](=O)[O-])c2ccccc12. The number of hydrogen-bond acceptors (Lipinski definition) is 4. The second-order valence-electron chi connectivity index (χ2n) is 7.37. The van der Waals surface area contributed by atoms with E-state index in [0.29, 0.717) is 5.39 Å². The molecule has 1 fully saturated rings. The highest BCUT2D eigenvalue weighted by atomic mass is 16.6. The van der Waals surface area contributed by atoms with E-state index in [1.54, 1.807) is 6.07 Å². The van der Waals surface area contributed by atoms with Crippen LogP contribution in [0.1, 0.15) is 24.0 Å². The number of rotatable bonds is 5. The van der Waals surface area contributed by atoms with Crippen molar-refractivity contribution in [2.75, 3.05) is 24.6 Å². The van der Waals surface area contributed by atoms with Crippen molar-refractivity contribution in [1.29, 1.82) is 0 Å². The van der Waals surface area contributed by atoms with E-state index >= 15 is 0 Å². The maximum atomic E-state index is 11.4. The Morgan fingerprint density at radius 3 is 2.43 bits per heavy atom. The topological polar surface area (TPSA) is 49.6 Å². The van der Waals surface area contributed by atoms with Crippen molar-refractivity contribution in [1.82, 2.24) is 5.01 Å². The van der Waals surface area contributed by atoms with Crippen LogP contribution in [0, 0.1) is 17.0 Å². The highest BCUT2D eigenvalue weighted by Crippen LogP contribution is 2.35. The van der Waals surface area contributed by atoms with E-state index in [-0.39, 0.29) is 10.6 Å². The van der Waals surface area contributed by atoms with Gasteiger partial charge in [-0.1, -0.05) is 42.5 Å². The first kappa shape index (κ1) is 18.4. The Hall–Kier alpha value is -2.92. The first-order chi connectivity index (χ1) is 13.6. The number of hydrogen-bond donors (Lipinski definition) is 0. The molecule has 3 aromatic rings. The lowest BCUT2D eigenvalue weighted by Crippen LogP contribution is -2.48. The third kappa shape index (κ3) is 3.58. The summed E-state index contributed by atoms with van der Waals surface area (Å²) >= 11 is 0.